The van der Waals surface area contributed by atoms with Gasteiger partial charge in [0.1, 0.15) is 5.01 Å². The van der Waals surface area contributed by atoms with Crippen molar-refractivity contribution in [3.63, 3.8) is 0 Å². The number of nitrogens with zero attached hydrogens (tertiary/aromatic N) is 1. The van der Waals surface area contributed by atoms with Gasteiger partial charge in [-0.25, -0.2) is 13.8 Å². The van der Waals surface area contributed by atoms with Crippen LogP contribution in [-0.4, -0.2) is 11.0 Å². The Labute approximate surface area is 115 Å². The van der Waals surface area contributed by atoms with Gasteiger partial charge in [-0.2, -0.15) is 0 Å². The lowest BCUT2D eigenvalue weighted by Gasteiger charge is -2.20. The molecular formula is C14H16F2N2S. The van der Waals surface area contributed by atoms with Gasteiger partial charge in [-0.15, -0.1) is 11.3 Å². The molecule has 0 fully saturated rings. The minimum Gasteiger partial charge on any atom is -0.302 e. The summed E-state index contributed by atoms with van der Waals surface area (Å²) in [6, 6.07) is 3.97. The first-order valence-corrected chi connectivity index (χ1v) is 6.98. The SMILES string of the molecule is Cc1csc(C(NC(C)C)c2ccc(F)c(F)c2)n1. The Kier molecular flexibility index (Phi) is 4.27. The van der Waals surface area contributed by atoms with Crippen LogP contribution in [-0.2, 0) is 0 Å². The van der Waals surface area contributed by atoms with Crippen molar-refractivity contribution in [2.24, 2.45) is 0 Å². The molecule has 2 rings (SSSR count). The molecule has 1 aromatic heterocycles. The van der Waals surface area contributed by atoms with Crippen LogP contribution in [0.1, 0.15) is 36.2 Å². The Morgan fingerprint density at radius 1 is 1.21 bits per heavy atom. The van der Waals surface area contributed by atoms with E-state index in [0.717, 1.165) is 16.8 Å². The summed E-state index contributed by atoms with van der Waals surface area (Å²) in [5, 5.41) is 6.14. The lowest BCUT2D eigenvalue weighted by Crippen LogP contribution is -2.29. The van der Waals surface area contributed by atoms with Gasteiger partial charge >= 0.3 is 0 Å². The summed E-state index contributed by atoms with van der Waals surface area (Å²) in [5.74, 6) is -1.66. The average Bonchev–Trinajstić information content (AvgIpc) is 2.76. The summed E-state index contributed by atoms with van der Waals surface area (Å²) in [6.07, 6.45) is 0. The van der Waals surface area contributed by atoms with E-state index in [1.807, 2.05) is 26.2 Å². The summed E-state index contributed by atoms with van der Waals surface area (Å²) < 4.78 is 26.4. The lowest BCUT2D eigenvalue weighted by atomic mass is 10.1. The molecule has 1 heterocycles. The van der Waals surface area contributed by atoms with Crippen molar-refractivity contribution in [1.82, 2.24) is 10.3 Å². The molecule has 1 aromatic carbocycles. The molecule has 0 aliphatic heterocycles. The fourth-order valence-corrected chi connectivity index (χ4v) is 2.72. The fraction of sp³-hybridized carbons (Fsp3) is 0.357. The van der Waals surface area contributed by atoms with Gasteiger partial charge in [-0.3, -0.25) is 0 Å². The smallest absolute Gasteiger partial charge is 0.159 e. The highest BCUT2D eigenvalue weighted by Crippen LogP contribution is 2.26. The molecule has 0 spiro atoms. The van der Waals surface area contributed by atoms with E-state index in [1.54, 1.807) is 6.07 Å². The zero-order valence-corrected chi connectivity index (χ0v) is 11.9. The Balaban J connectivity index is 2.39. The first-order valence-electron chi connectivity index (χ1n) is 6.10. The predicted octanol–water partition coefficient (Wildman–Crippen LogP) is 3.82. The second-order valence-corrected chi connectivity index (χ2v) is 5.64. The molecule has 2 aromatic rings. The van der Waals surface area contributed by atoms with E-state index in [1.165, 1.54) is 17.4 Å². The van der Waals surface area contributed by atoms with Gasteiger partial charge in [-0.05, 0) is 38.5 Å². The van der Waals surface area contributed by atoms with Gasteiger partial charge < -0.3 is 5.32 Å². The monoisotopic (exact) mass is 282 g/mol. The van der Waals surface area contributed by atoms with Crippen LogP contribution in [0, 0.1) is 18.6 Å². The van der Waals surface area contributed by atoms with Crippen LogP contribution in [0.4, 0.5) is 8.78 Å². The molecular weight excluding hydrogens is 266 g/mol. The number of rotatable bonds is 4. The van der Waals surface area contributed by atoms with E-state index >= 15 is 0 Å². The molecule has 0 aliphatic rings. The normalized spacial score (nSPS) is 12.9. The van der Waals surface area contributed by atoms with Gasteiger partial charge in [0.25, 0.3) is 0 Å². The highest BCUT2D eigenvalue weighted by molar-refractivity contribution is 7.09. The molecule has 5 heteroatoms. The van der Waals surface area contributed by atoms with Crippen molar-refractivity contribution in [1.29, 1.82) is 0 Å². The van der Waals surface area contributed by atoms with E-state index in [9.17, 15) is 8.78 Å². The van der Waals surface area contributed by atoms with Crippen LogP contribution in [0.5, 0.6) is 0 Å². The standard InChI is InChI=1S/C14H16F2N2S/c1-8(2)17-13(14-18-9(3)7-19-14)10-4-5-11(15)12(16)6-10/h4-8,13,17H,1-3H3. The van der Waals surface area contributed by atoms with Crippen LogP contribution < -0.4 is 5.32 Å². The van der Waals surface area contributed by atoms with E-state index in [0.29, 0.717) is 5.56 Å². The van der Waals surface area contributed by atoms with E-state index in [-0.39, 0.29) is 12.1 Å². The van der Waals surface area contributed by atoms with Crippen LogP contribution in [0.3, 0.4) is 0 Å². The van der Waals surface area contributed by atoms with Crippen molar-refractivity contribution in [3.8, 4) is 0 Å². The number of hydrogen-bond acceptors (Lipinski definition) is 3. The third-order valence-electron chi connectivity index (χ3n) is 2.66. The summed E-state index contributed by atoms with van der Waals surface area (Å²) >= 11 is 1.51. The number of nitrogens with one attached hydrogen (secondary N) is 1. The molecule has 2 nitrogen and oxygen atoms in total. The summed E-state index contributed by atoms with van der Waals surface area (Å²) in [5.41, 5.74) is 1.61. The molecule has 0 radical (unpaired) electrons. The molecule has 1 atom stereocenters. The molecule has 0 bridgehead atoms. The van der Waals surface area contributed by atoms with Crippen molar-refractivity contribution in [2.75, 3.05) is 0 Å². The second kappa shape index (κ2) is 5.75. The molecule has 0 amide bonds. The first-order chi connectivity index (χ1) is 8.97. The fourth-order valence-electron chi connectivity index (χ4n) is 1.84. The topological polar surface area (TPSA) is 24.9 Å². The second-order valence-electron chi connectivity index (χ2n) is 4.76. The van der Waals surface area contributed by atoms with E-state index in [4.69, 9.17) is 0 Å². The molecule has 1 unspecified atom stereocenters. The number of aryl methyl sites for hydroxylation is 1. The minimum absolute atomic E-state index is 0.210. The number of hydrogen-bond donors (Lipinski definition) is 1. The van der Waals surface area contributed by atoms with Crippen molar-refractivity contribution >= 4 is 11.3 Å². The van der Waals surface area contributed by atoms with E-state index in [2.05, 4.69) is 10.3 Å². The molecule has 0 saturated carbocycles. The molecule has 0 aliphatic carbocycles. The summed E-state index contributed by atoms with van der Waals surface area (Å²) in [4.78, 5) is 4.43. The van der Waals surface area contributed by atoms with Crippen molar-refractivity contribution in [2.45, 2.75) is 32.9 Å². The quantitative estimate of drug-likeness (QED) is 0.922. The Morgan fingerprint density at radius 2 is 1.95 bits per heavy atom. The van der Waals surface area contributed by atoms with Crippen LogP contribution >= 0.6 is 11.3 Å². The average molecular weight is 282 g/mol. The van der Waals surface area contributed by atoms with Crippen molar-refractivity contribution < 1.29 is 8.78 Å². The molecule has 0 saturated heterocycles. The highest BCUT2D eigenvalue weighted by Gasteiger charge is 2.19. The van der Waals surface area contributed by atoms with Gasteiger partial charge in [0.05, 0.1) is 6.04 Å². The Bertz CT molecular complexity index is 566. The maximum atomic E-state index is 13.4. The predicted molar refractivity (Wildman–Crippen MR) is 73.3 cm³/mol. The summed E-state index contributed by atoms with van der Waals surface area (Å²) in [6.45, 7) is 5.93. The molecule has 1 N–H and O–H groups in total. The summed E-state index contributed by atoms with van der Waals surface area (Å²) in [7, 11) is 0. The van der Waals surface area contributed by atoms with Crippen molar-refractivity contribution in [3.05, 3.63) is 51.5 Å². The number of aromatic nitrogens is 1. The number of thiazole rings is 1. The number of benzene rings is 1. The lowest BCUT2D eigenvalue weighted by molar-refractivity contribution is 0.495. The Hall–Kier alpha value is -1.33. The van der Waals surface area contributed by atoms with Gasteiger partial charge in [0.2, 0.25) is 0 Å². The van der Waals surface area contributed by atoms with Gasteiger partial charge in [0.15, 0.2) is 11.6 Å². The van der Waals surface area contributed by atoms with Crippen LogP contribution in [0.25, 0.3) is 0 Å². The maximum absolute atomic E-state index is 13.4. The maximum Gasteiger partial charge on any atom is 0.159 e. The van der Waals surface area contributed by atoms with Crippen LogP contribution in [0.2, 0.25) is 0 Å². The van der Waals surface area contributed by atoms with Gasteiger partial charge in [-0.1, -0.05) is 6.07 Å². The zero-order chi connectivity index (χ0) is 14.0. The first kappa shape index (κ1) is 14.1. The highest BCUT2D eigenvalue weighted by atomic mass is 32.1. The molecule has 19 heavy (non-hydrogen) atoms. The third-order valence-corrected chi connectivity index (χ3v) is 3.69. The van der Waals surface area contributed by atoms with E-state index < -0.39 is 11.6 Å². The number of halogens is 2. The molecule has 102 valence electrons. The largest absolute Gasteiger partial charge is 0.302 e. The Morgan fingerprint density at radius 3 is 2.47 bits per heavy atom. The van der Waals surface area contributed by atoms with Crippen LogP contribution in [0.15, 0.2) is 23.6 Å². The zero-order valence-electron chi connectivity index (χ0n) is 11.1. The minimum atomic E-state index is -0.832. The van der Waals surface area contributed by atoms with Gasteiger partial charge in [0, 0.05) is 17.1 Å². The third kappa shape index (κ3) is 3.36.